The van der Waals surface area contributed by atoms with Crippen molar-refractivity contribution >= 4 is 11.9 Å². The van der Waals surface area contributed by atoms with E-state index in [0.29, 0.717) is 6.42 Å². The molecule has 1 aromatic rings. The molecule has 2 atom stereocenters. The molecular formula is C10H16N4O3. The molecule has 0 radical (unpaired) electrons. The number of amides is 1. The topological polar surface area (TPSA) is 110 Å². The van der Waals surface area contributed by atoms with E-state index in [1.165, 1.54) is 20.4 Å². The monoisotopic (exact) mass is 240 g/mol. The number of carbonyl (C=O) groups excluding carboxylic acids is 2. The minimum Gasteiger partial charge on any atom is -0.467 e. The number of esters is 1. The molecule has 7 nitrogen and oxygen atoms in total. The molecule has 0 bridgehead atoms. The van der Waals surface area contributed by atoms with Crippen molar-refractivity contribution in [2.24, 2.45) is 5.73 Å². The van der Waals surface area contributed by atoms with Crippen LogP contribution < -0.4 is 11.1 Å². The van der Waals surface area contributed by atoms with Gasteiger partial charge in [0.2, 0.25) is 5.91 Å². The summed E-state index contributed by atoms with van der Waals surface area (Å²) < 4.78 is 4.49. The third-order valence-corrected chi connectivity index (χ3v) is 2.24. The van der Waals surface area contributed by atoms with E-state index < -0.39 is 24.0 Å². The van der Waals surface area contributed by atoms with Gasteiger partial charge in [-0.3, -0.25) is 4.79 Å². The largest absolute Gasteiger partial charge is 0.467 e. The SMILES string of the molecule is COC(=O)[C@H](C)NC(=O)[C@@H](N)Cc1cnc[nH]1. The van der Waals surface area contributed by atoms with Crippen LogP contribution in [0, 0.1) is 0 Å². The zero-order chi connectivity index (χ0) is 12.8. The molecule has 94 valence electrons. The number of aromatic amines is 1. The normalized spacial score (nSPS) is 13.8. The first-order valence-electron chi connectivity index (χ1n) is 5.15. The van der Waals surface area contributed by atoms with Gasteiger partial charge in [-0.25, -0.2) is 9.78 Å². The van der Waals surface area contributed by atoms with Crippen LogP contribution in [0.1, 0.15) is 12.6 Å². The summed E-state index contributed by atoms with van der Waals surface area (Å²) in [5.74, 6) is -0.912. The fourth-order valence-electron chi connectivity index (χ4n) is 1.28. The van der Waals surface area contributed by atoms with Gasteiger partial charge in [0.05, 0.1) is 19.5 Å². The summed E-state index contributed by atoms with van der Waals surface area (Å²) in [6.07, 6.45) is 3.44. The Morgan fingerprint density at radius 3 is 2.88 bits per heavy atom. The van der Waals surface area contributed by atoms with Crippen molar-refractivity contribution in [3.8, 4) is 0 Å². The third-order valence-electron chi connectivity index (χ3n) is 2.24. The second-order valence-corrected chi connectivity index (χ2v) is 3.64. The first-order valence-corrected chi connectivity index (χ1v) is 5.15. The molecule has 1 amide bonds. The second-order valence-electron chi connectivity index (χ2n) is 3.64. The molecule has 0 aliphatic carbocycles. The van der Waals surface area contributed by atoms with Gasteiger partial charge < -0.3 is 20.8 Å². The maximum Gasteiger partial charge on any atom is 0.328 e. The van der Waals surface area contributed by atoms with Crippen LogP contribution >= 0.6 is 0 Å². The summed E-state index contributed by atoms with van der Waals surface area (Å²) in [5, 5.41) is 2.47. The maximum absolute atomic E-state index is 11.6. The third kappa shape index (κ3) is 3.87. The Balaban J connectivity index is 2.44. The van der Waals surface area contributed by atoms with Gasteiger partial charge in [-0.1, -0.05) is 0 Å². The standard InChI is InChI=1S/C10H16N4O3/c1-6(10(16)17-2)14-9(15)8(11)3-7-4-12-5-13-7/h4-6,8H,3,11H2,1-2H3,(H,12,13)(H,14,15)/t6-,8-/m0/s1. The van der Waals surface area contributed by atoms with Crippen LogP contribution in [0.2, 0.25) is 0 Å². The Kier molecular flexibility index (Phi) is 4.65. The number of nitrogens with two attached hydrogens (primary N) is 1. The minimum atomic E-state index is -0.734. The van der Waals surface area contributed by atoms with E-state index in [0.717, 1.165) is 5.69 Å². The molecule has 4 N–H and O–H groups in total. The first-order chi connectivity index (χ1) is 8.04. The number of nitrogens with zero attached hydrogens (tertiary/aromatic N) is 1. The van der Waals surface area contributed by atoms with Gasteiger partial charge in [-0.2, -0.15) is 0 Å². The molecule has 1 heterocycles. The Labute approximate surface area is 98.7 Å². The lowest BCUT2D eigenvalue weighted by atomic mass is 10.1. The van der Waals surface area contributed by atoms with Crippen LogP contribution in [0.25, 0.3) is 0 Å². The van der Waals surface area contributed by atoms with Crippen molar-refractivity contribution in [1.82, 2.24) is 15.3 Å². The smallest absolute Gasteiger partial charge is 0.328 e. The second kappa shape index (κ2) is 6.00. The van der Waals surface area contributed by atoms with Gasteiger partial charge >= 0.3 is 5.97 Å². The average Bonchev–Trinajstić information content (AvgIpc) is 2.80. The van der Waals surface area contributed by atoms with Crippen molar-refractivity contribution in [3.05, 3.63) is 18.2 Å². The first kappa shape index (κ1) is 13.2. The van der Waals surface area contributed by atoms with E-state index in [-0.39, 0.29) is 0 Å². The Hall–Kier alpha value is -1.89. The number of imidazole rings is 1. The van der Waals surface area contributed by atoms with E-state index in [1.807, 2.05) is 0 Å². The predicted molar refractivity (Wildman–Crippen MR) is 59.9 cm³/mol. The zero-order valence-corrected chi connectivity index (χ0v) is 9.77. The van der Waals surface area contributed by atoms with Crippen LogP contribution in [0.5, 0.6) is 0 Å². The number of nitrogens with one attached hydrogen (secondary N) is 2. The number of ether oxygens (including phenoxy) is 1. The highest BCUT2D eigenvalue weighted by molar-refractivity contribution is 5.87. The minimum absolute atomic E-state index is 0.333. The summed E-state index contributed by atoms with van der Waals surface area (Å²) in [6.45, 7) is 1.53. The Morgan fingerprint density at radius 1 is 1.65 bits per heavy atom. The van der Waals surface area contributed by atoms with Gasteiger partial charge in [0.25, 0.3) is 0 Å². The fraction of sp³-hybridized carbons (Fsp3) is 0.500. The highest BCUT2D eigenvalue weighted by Crippen LogP contribution is 1.97. The lowest BCUT2D eigenvalue weighted by Gasteiger charge is -2.15. The van der Waals surface area contributed by atoms with Crippen LogP contribution in [0.15, 0.2) is 12.5 Å². The highest BCUT2D eigenvalue weighted by atomic mass is 16.5. The number of aromatic nitrogens is 2. The summed E-state index contributed by atoms with van der Waals surface area (Å²) in [7, 11) is 1.26. The molecule has 7 heteroatoms. The lowest BCUT2D eigenvalue weighted by Crippen LogP contribution is -2.48. The lowest BCUT2D eigenvalue weighted by molar-refractivity contribution is -0.144. The van der Waals surface area contributed by atoms with Gasteiger partial charge in [-0.05, 0) is 6.92 Å². The van der Waals surface area contributed by atoms with Crippen LogP contribution in [-0.4, -0.2) is 41.0 Å². The fourth-order valence-corrected chi connectivity index (χ4v) is 1.28. The molecule has 17 heavy (non-hydrogen) atoms. The number of carbonyl (C=O) groups is 2. The van der Waals surface area contributed by atoms with E-state index in [1.54, 1.807) is 6.20 Å². The van der Waals surface area contributed by atoms with Crippen molar-refractivity contribution in [2.45, 2.75) is 25.4 Å². The highest BCUT2D eigenvalue weighted by Gasteiger charge is 2.20. The van der Waals surface area contributed by atoms with Crippen LogP contribution in [-0.2, 0) is 20.7 Å². The molecular weight excluding hydrogens is 224 g/mol. The number of H-pyrrole nitrogens is 1. The predicted octanol–water partition coefficient (Wildman–Crippen LogP) is -1.04. The molecule has 0 aromatic carbocycles. The maximum atomic E-state index is 11.6. The quantitative estimate of drug-likeness (QED) is 0.569. The number of hydrogen-bond acceptors (Lipinski definition) is 5. The van der Waals surface area contributed by atoms with Crippen molar-refractivity contribution in [2.75, 3.05) is 7.11 Å². The van der Waals surface area contributed by atoms with Crippen LogP contribution in [0.3, 0.4) is 0 Å². The molecule has 0 aliphatic rings. The molecule has 0 aliphatic heterocycles. The Bertz CT molecular complexity index is 377. The van der Waals surface area contributed by atoms with Crippen molar-refractivity contribution in [1.29, 1.82) is 0 Å². The zero-order valence-electron chi connectivity index (χ0n) is 9.77. The summed E-state index contributed by atoms with van der Waals surface area (Å²) >= 11 is 0. The summed E-state index contributed by atoms with van der Waals surface area (Å²) in [4.78, 5) is 29.4. The average molecular weight is 240 g/mol. The summed E-state index contributed by atoms with van der Waals surface area (Å²) in [6, 6.07) is -1.44. The number of methoxy groups -OCH3 is 1. The van der Waals surface area contributed by atoms with Crippen molar-refractivity contribution < 1.29 is 14.3 Å². The molecule has 0 unspecified atom stereocenters. The van der Waals surface area contributed by atoms with Gasteiger partial charge in [0.1, 0.15) is 6.04 Å². The molecule has 0 saturated heterocycles. The van der Waals surface area contributed by atoms with Crippen LogP contribution in [0.4, 0.5) is 0 Å². The number of rotatable bonds is 5. The molecule has 1 rings (SSSR count). The van der Waals surface area contributed by atoms with Gasteiger partial charge in [0.15, 0.2) is 0 Å². The van der Waals surface area contributed by atoms with Crippen molar-refractivity contribution in [3.63, 3.8) is 0 Å². The van der Waals surface area contributed by atoms with E-state index in [9.17, 15) is 9.59 Å². The molecule has 1 aromatic heterocycles. The van der Waals surface area contributed by atoms with Gasteiger partial charge in [-0.15, -0.1) is 0 Å². The van der Waals surface area contributed by atoms with E-state index in [4.69, 9.17) is 5.73 Å². The van der Waals surface area contributed by atoms with Gasteiger partial charge in [0, 0.05) is 18.3 Å². The number of hydrogen-bond donors (Lipinski definition) is 3. The molecule has 0 fully saturated rings. The Morgan fingerprint density at radius 2 is 2.35 bits per heavy atom. The summed E-state index contributed by atoms with van der Waals surface area (Å²) in [5.41, 5.74) is 6.45. The van der Waals surface area contributed by atoms with E-state index in [2.05, 4.69) is 20.0 Å². The molecule has 0 spiro atoms. The molecule has 0 saturated carbocycles. The van der Waals surface area contributed by atoms with E-state index >= 15 is 0 Å².